The van der Waals surface area contributed by atoms with Crippen LogP contribution in [0.3, 0.4) is 0 Å². The molecule has 0 aromatic heterocycles. The molecule has 1 aliphatic heterocycles. The molecule has 1 saturated heterocycles. The molecule has 1 N–H and O–H groups in total. The van der Waals surface area contributed by atoms with Gasteiger partial charge in [-0.25, -0.2) is 0 Å². The standard InChI is InChI=1S/C11H14N2O3/c1-8-2-3-9(13(15)16)6-11(8)12-5-4-10(14)7-12/h2-3,6,10,14H,4-5,7H2,1H3/t10-/m1/s1. The highest BCUT2D eigenvalue weighted by atomic mass is 16.6. The Hall–Kier alpha value is -1.62. The molecule has 0 amide bonds. The zero-order chi connectivity index (χ0) is 11.7. The molecule has 0 aliphatic carbocycles. The van der Waals surface area contributed by atoms with Crippen LogP contribution < -0.4 is 4.90 Å². The number of β-amino-alcohol motifs (C(OH)–C–C–N with tert-alkyl or cyclic N) is 1. The number of nitro groups is 1. The molecular formula is C11H14N2O3. The number of hydrogen-bond acceptors (Lipinski definition) is 4. The number of anilines is 1. The number of non-ortho nitro benzene ring substituents is 1. The number of aliphatic hydroxyl groups excluding tert-OH is 1. The van der Waals surface area contributed by atoms with Crippen molar-refractivity contribution >= 4 is 11.4 Å². The van der Waals surface area contributed by atoms with Crippen LogP contribution in [-0.4, -0.2) is 29.2 Å². The van der Waals surface area contributed by atoms with E-state index in [1.807, 2.05) is 11.8 Å². The molecule has 0 unspecified atom stereocenters. The molecule has 2 rings (SSSR count). The first-order valence-electron chi connectivity index (χ1n) is 5.26. The van der Waals surface area contributed by atoms with Crippen molar-refractivity contribution in [3.63, 3.8) is 0 Å². The van der Waals surface area contributed by atoms with Crippen LogP contribution >= 0.6 is 0 Å². The molecule has 5 nitrogen and oxygen atoms in total. The lowest BCUT2D eigenvalue weighted by atomic mass is 10.1. The van der Waals surface area contributed by atoms with Crippen LogP contribution in [0.25, 0.3) is 0 Å². The molecule has 1 heterocycles. The zero-order valence-corrected chi connectivity index (χ0v) is 9.09. The Kier molecular flexibility index (Phi) is 2.78. The largest absolute Gasteiger partial charge is 0.391 e. The van der Waals surface area contributed by atoms with Crippen molar-refractivity contribution in [1.82, 2.24) is 0 Å². The minimum Gasteiger partial charge on any atom is -0.391 e. The van der Waals surface area contributed by atoms with E-state index in [4.69, 9.17) is 0 Å². The van der Waals surface area contributed by atoms with Crippen LogP contribution in [0.2, 0.25) is 0 Å². The topological polar surface area (TPSA) is 66.6 Å². The lowest BCUT2D eigenvalue weighted by Crippen LogP contribution is -2.22. The molecule has 1 aromatic carbocycles. The molecule has 16 heavy (non-hydrogen) atoms. The van der Waals surface area contributed by atoms with Gasteiger partial charge >= 0.3 is 0 Å². The monoisotopic (exact) mass is 222 g/mol. The zero-order valence-electron chi connectivity index (χ0n) is 9.09. The number of nitrogens with zero attached hydrogens (tertiary/aromatic N) is 2. The van der Waals surface area contributed by atoms with E-state index in [-0.39, 0.29) is 11.8 Å². The van der Waals surface area contributed by atoms with Gasteiger partial charge < -0.3 is 10.0 Å². The van der Waals surface area contributed by atoms with Crippen molar-refractivity contribution in [2.24, 2.45) is 0 Å². The molecule has 1 aromatic rings. The van der Waals surface area contributed by atoms with Crippen molar-refractivity contribution < 1.29 is 10.0 Å². The van der Waals surface area contributed by atoms with Crippen molar-refractivity contribution in [3.8, 4) is 0 Å². The molecule has 0 bridgehead atoms. The van der Waals surface area contributed by atoms with Crippen LogP contribution in [0.1, 0.15) is 12.0 Å². The van der Waals surface area contributed by atoms with E-state index in [1.54, 1.807) is 12.1 Å². The Labute approximate surface area is 93.5 Å². The number of benzene rings is 1. The van der Waals surface area contributed by atoms with Gasteiger partial charge in [0, 0.05) is 30.9 Å². The number of aliphatic hydroxyl groups is 1. The molecule has 5 heteroatoms. The van der Waals surface area contributed by atoms with Gasteiger partial charge in [0.05, 0.1) is 11.0 Å². The molecule has 1 aliphatic rings. The molecule has 0 radical (unpaired) electrons. The first-order valence-corrected chi connectivity index (χ1v) is 5.26. The average Bonchev–Trinajstić information content (AvgIpc) is 2.65. The summed E-state index contributed by atoms with van der Waals surface area (Å²) in [5.74, 6) is 0. The van der Waals surface area contributed by atoms with Gasteiger partial charge in [0.15, 0.2) is 0 Å². The van der Waals surface area contributed by atoms with E-state index in [1.165, 1.54) is 6.07 Å². The number of nitro benzene ring substituents is 1. The van der Waals surface area contributed by atoms with Gasteiger partial charge in [0.2, 0.25) is 0 Å². The maximum Gasteiger partial charge on any atom is 0.271 e. The highest BCUT2D eigenvalue weighted by Crippen LogP contribution is 2.28. The Morgan fingerprint density at radius 2 is 2.31 bits per heavy atom. The summed E-state index contributed by atoms with van der Waals surface area (Å²) in [7, 11) is 0. The van der Waals surface area contributed by atoms with Crippen molar-refractivity contribution in [1.29, 1.82) is 0 Å². The summed E-state index contributed by atoms with van der Waals surface area (Å²) in [6, 6.07) is 4.83. The molecule has 1 fully saturated rings. The highest BCUT2D eigenvalue weighted by Gasteiger charge is 2.22. The Morgan fingerprint density at radius 1 is 1.56 bits per heavy atom. The van der Waals surface area contributed by atoms with Gasteiger partial charge in [-0.2, -0.15) is 0 Å². The molecule has 86 valence electrons. The van der Waals surface area contributed by atoms with Gasteiger partial charge in [-0.1, -0.05) is 6.07 Å². The lowest BCUT2D eigenvalue weighted by molar-refractivity contribution is -0.384. The summed E-state index contributed by atoms with van der Waals surface area (Å²) in [6.07, 6.45) is 0.404. The molecule has 0 saturated carbocycles. The van der Waals surface area contributed by atoms with E-state index < -0.39 is 4.92 Å². The fourth-order valence-electron chi connectivity index (χ4n) is 2.01. The van der Waals surface area contributed by atoms with Gasteiger partial charge in [0.1, 0.15) is 0 Å². The minimum absolute atomic E-state index is 0.0991. The van der Waals surface area contributed by atoms with Gasteiger partial charge in [-0.3, -0.25) is 10.1 Å². The summed E-state index contributed by atoms with van der Waals surface area (Å²) in [4.78, 5) is 12.3. The quantitative estimate of drug-likeness (QED) is 0.608. The fourth-order valence-corrected chi connectivity index (χ4v) is 2.01. The van der Waals surface area contributed by atoms with E-state index in [2.05, 4.69) is 0 Å². The van der Waals surface area contributed by atoms with Gasteiger partial charge in [-0.15, -0.1) is 0 Å². The average molecular weight is 222 g/mol. The van der Waals surface area contributed by atoms with Crippen LogP contribution in [0.4, 0.5) is 11.4 Å². The first-order chi connectivity index (χ1) is 7.58. The predicted molar refractivity (Wildman–Crippen MR) is 60.7 cm³/mol. The van der Waals surface area contributed by atoms with Gasteiger partial charge in [-0.05, 0) is 18.9 Å². The third-order valence-corrected chi connectivity index (χ3v) is 2.91. The maximum absolute atomic E-state index is 10.7. The van der Waals surface area contributed by atoms with Crippen molar-refractivity contribution in [3.05, 3.63) is 33.9 Å². The molecule has 1 atom stereocenters. The summed E-state index contributed by atoms with van der Waals surface area (Å²) in [5.41, 5.74) is 1.95. The maximum atomic E-state index is 10.7. The Balaban J connectivity index is 2.32. The second-order valence-corrected chi connectivity index (χ2v) is 4.12. The molecular weight excluding hydrogens is 208 g/mol. The smallest absolute Gasteiger partial charge is 0.271 e. The van der Waals surface area contributed by atoms with Crippen LogP contribution in [0, 0.1) is 17.0 Å². The highest BCUT2D eigenvalue weighted by molar-refractivity contribution is 5.59. The number of rotatable bonds is 2. The van der Waals surface area contributed by atoms with Crippen LogP contribution in [0.15, 0.2) is 18.2 Å². The van der Waals surface area contributed by atoms with E-state index in [9.17, 15) is 15.2 Å². The lowest BCUT2D eigenvalue weighted by Gasteiger charge is -2.19. The minimum atomic E-state index is -0.393. The second kappa shape index (κ2) is 4.09. The third-order valence-electron chi connectivity index (χ3n) is 2.91. The summed E-state index contributed by atoms with van der Waals surface area (Å²) < 4.78 is 0. The summed E-state index contributed by atoms with van der Waals surface area (Å²) >= 11 is 0. The van der Waals surface area contributed by atoms with Crippen molar-refractivity contribution in [2.45, 2.75) is 19.4 Å². The Morgan fingerprint density at radius 3 is 2.88 bits per heavy atom. The fraction of sp³-hybridized carbons (Fsp3) is 0.455. The SMILES string of the molecule is Cc1ccc([N+](=O)[O-])cc1N1CC[C@@H](O)C1. The van der Waals surface area contributed by atoms with E-state index in [0.29, 0.717) is 6.54 Å². The predicted octanol–water partition coefficient (Wildman–Crippen LogP) is 1.47. The van der Waals surface area contributed by atoms with E-state index in [0.717, 1.165) is 24.2 Å². The normalized spacial score (nSPS) is 20.1. The first kappa shape index (κ1) is 10.9. The number of hydrogen-bond donors (Lipinski definition) is 1. The van der Waals surface area contributed by atoms with Gasteiger partial charge in [0.25, 0.3) is 5.69 Å². The second-order valence-electron chi connectivity index (χ2n) is 4.12. The Bertz CT molecular complexity index is 420. The van der Waals surface area contributed by atoms with Crippen LogP contribution in [0.5, 0.6) is 0 Å². The van der Waals surface area contributed by atoms with E-state index >= 15 is 0 Å². The molecule has 0 spiro atoms. The number of aryl methyl sites for hydroxylation is 1. The summed E-state index contributed by atoms with van der Waals surface area (Å²) in [5, 5.41) is 20.1. The third kappa shape index (κ3) is 1.99. The van der Waals surface area contributed by atoms with Crippen molar-refractivity contribution in [2.75, 3.05) is 18.0 Å². The van der Waals surface area contributed by atoms with Crippen LogP contribution in [-0.2, 0) is 0 Å². The summed E-state index contributed by atoms with van der Waals surface area (Å²) in [6.45, 7) is 3.23.